The predicted molar refractivity (Wildman–Crippen MR) is 67.7 cm³/mol. The molecule has 0 bridgehead atoms. The Kier molecular flexibility index (Phi) is 3.83. The molecule has 0 fully saturated rings. The van der Waals surface area contributed by atoms with Crippen molar-refractivity contribution in [2.75, 3.05) is 6.61 Å². The first-order valence-electron chi connectivity index (χ1n) is 5.56. The molecule has 6 nitrogen and oxygen atoms in total. The van der Waals surface area contributed by atoms with E-state index in [1.54, 1.807) is 18.2 Å². The minimum Gasteiger partial charge on any atom is -0.491 e. The molecule has 1 aromatic carbocycles. The summed E-state index contributed by atoms with van der Waals surface area (Å²) in [7, 11) is 0. The quantitative estimate of drug-likeness (QED) is 0.459. The molecular formula is C12H13N5O. The van der Waals surface area contributed by atoms with Gasteiger partial charge in [-0.2, -0.15) is 5.10 Å². The molecule has 0 saturated carbocycles. The topological polar surface area (TPSA) is 75.8 Å². The molecule has 0 spiro atoms. The van der Waals surface area contributed by atoms with Gasteiger partial charge in [0.05, 0.1) is 17.9 Å². The van der Waals surface area contributed by atoms with Crippen molar-refractivity contribution in [2.45, 2.75) is 13.5 Å². The lowest BCUT2D eigenvalue weighted by molar-refractivity contribution is 0.292. The predicted octanol–water partition coefficient (Wildman–Crippen LogP) is 3.21. The van der Waals surface area contributed by atoms with E-state index in [1.807, 2.05) is 29.9 Å². The van der Waals surface area contributed by atoms with Crippen LogP contribution in [0.4, 0.5) is 5.69 Å². The van der Waals surface area contributed by atoms with Crippen molar-refractivity contribution < 1.29 is 4.74 Å². The van der Waals surface area contributed by atoms with Crippen LogP contribution < -0.4 is 4.74 Å². The van der Waals surface area contributed by atoms with Crippen molar-refractivity contribution in [3.63, 3.8) is 0 Å². The summed E-state index contributed by atoms with van der Waals surface area (Å²) in [4.78, 5) is 2.76. The molecule has 0 atom stereocenters. The van der Waals surface area contributed by atoms with Crippen molar-refractivity contribution in [1.29, 1.82) is 0 Å². The van der Waals surface area contributed by atoms with Crippen LogP contribution in [0.15, 0.2) is 41.6 Å². The average Bonchev–Trinajstić information content (AvgIpc) is 2.78. The normalized spacial score (nSPS) is 9.83. The van der Waals surface area contributed by atoms with Gasteiger partial charge in [0.2, 0.25) is 0 Å². The summed E-state index contributed by atoms with van der Waals surface area (Å²) < 4.78 is 7.39. The Bertz CT molecular complexity index is 571. The maximum Gasteiger partial charge on any atom is 0.128 e. The van der Waals surface area contributed by atoms with Gasteiger partial charge < -0.3 is 4.74 Å². The first kappa shape index (κ1) is 12.0. The molecule has 0 aliphatic rings. The Balaban J connectivity index is 1.96. The third kappa shape index (κ3) is 3.02. The summed E-state index contributed by atoms with van der Waals surface area (Å²) in [5.41, 5.74) is 9.91. The van der Waals surface area contributed by atoms with Crippen LogP contribution in [0, 0.1) is 6.92 Å². The Morgan fingerprint density at radius 3 is 2.94 bits per heavy atom. The highest BCUT2D eigenvalue weighted by Crippen LogP contribution is 2.26. The largest absolute Gasteiger partial charge is 0.491 e. The van der Waals surface area contributed by atoms with Gasteiger partial charge in [0.15, 0.2) is 0 Å². The highest BCUT2D eigenvalue weighted by Gasteiger charge is 2.01. The van der Waals surface area contributed by atoms with Gasteiger partial charge in [0.1, 0.15) is 12.4 Å². The Labute approximate surface area is 104 Å². The zero-order chi connectivity index (χ0) is 12.8. The Morgan fingerprint density at radius 2 is 2.22 bits per heavy atom. The molecule has 2 aromatic rings. The standard InChI is InChI=1S/C12H13N5O/c1-10-6-7-17(15-10)8-9-18-12-5-3-2-4-11(12)14-16-13/h2-7H,8-9H2,1H3. The zero-order valence-corrected chi connectivity index (χ0v) is 10.0. The van der Waals surface area contributed by atoms with E-state index in [4.69, 9.17) is 10.3 Å². The minimum absolute atomic E-state index is 0.471. The van der Waals surface area contributed by atoms with E-state index in [2.05, 4.69) is 15.1 Å². The smallest absolute Gasteiger partial charge is 0.128 e. The lowest BCUT2D eigenvalue weighted by Gasteiger charge is -2.08. The Morgan fingerprint density at radius 1 is 1.39 bits per heavy atom. The van der Waals surface area contributed by atoms with E-state index >= 15 is 0 Å². The van der Waals surface area contributed by atoms with Crippen molar-refractivity contribution in [3.8, 4) is 5.75 Å². The lowest BCUT2D eigenvalue weighted by atomic mass is 10.3. The van der Waals surface area contributed by atoms with Gasteiger partial charge in [0.25, 0.3) is 0 Å². The monoisotopic (exact) mass is 243 g/mol. The summed E-state index contributed by atoms with van der Waals surface area (Å²) in [6, 6.07) is 9.07. The minimum atomic E-state index is 0.471. The summed E-state index contributed by atoms with van der Waals surface area (Å²) >= 11 is 0. The van der Waals surface area contributed by atoms with Crippen LogP contribution >= 0.6 is 0 Å². The van der Waals surface area contributed by atoms with Crippen molar-refractivity contribution in [3.05, 3.63) is 52.7 Å². The number of nitrogens with zero attached hydrogens (tertiary/aromatic N) is 5. The zero-order valence-electron chi connectivity index (χ0n) is 10.0. The second-order valence-corrected chi connectivity index (χ2v) is 3.73. The van der Waals surface area contributed by atoms with Crippen molar-refractivity contribution >= 4 is 5.69 Å². The van der Waals surface area contributed by atoms with Crippen LogP contribution in [-0.4, -0.2) is 16.4 Å². The van der Waals surface area contributed by atoms with Gasteiger partial charge in [-0.25, -0.2) is 0 Å². The van der Waals surface area contributed by atoms with Gasteiger partial charge in [-0.3, -0.25) is 4.68 Å². The van der Waals surface area contributed by atoms with Crippen molar-refractivity contribution in [1.82, 2.24) is 9.78 Å². The molecule has 0 saturated heterocycles. The van der Waals surface area contributed by atoms with E-state index < -0.39 is 0 Å². The number of hydrogen-bond acceptors (Lipinski definition) is 3. The van der Waals surface area contributed by atoms with Crippen LogP contribution in [0.2, 0.25) is 0 Å². The van der Waals surface area contributed by atoms with Gasteiger partial charge in [-0.1, -0.05) is 17.2 Å². The van der Waals surface area contributed by atoms with Gasteiger partial charge in [-0.15, -0.1) is 0 Å². The number of rotatable bonds is 5. The van der Waals surface area contributed by atoms with E-state index in [-0.39, 0.29) is 0 Å². The maximum absolute atomic E-state index is 8.44. The highest BCUT2D eigenvalue weighted by molar-refractivity contribution is 5.50. The summed E-state index contributed by atoms with van der Waals surface area (Å²) in [5, 5.41) is 7.82. The van der Waals surface area contributed by atoms with Crippen LogP contribution in [-0.2, 0) is 6.54 Å². The molecule has 0 aliphatic heterocycles. The number of ether oxygens (including phenoxy) is 1. The molecule has 92 valence electrons. The van der Waals surface area contributed by atoms with Crippen LogP contribution in [0.3, 0.4) is 0 Å². The molecule has 18 heavy (non-hydrogen) atoms. The fourth-order valence-electron chi connectivity index (χ4n) is 1.55. The maximum atomic E-state index is 8.44. The number of azide groups is 1. The second-order valence-electron chi connectivity index (χ2n) is 3.73. The van der Waals surface area contributed by atoms with E-state index in [1.165, 1.54) is 0 Å². The molecular weight excluding hydrogens is 230 g/mol. The second kappa shape index (κ2) is 5.75. The average molecular weight is 243 g/mol. The molecule has 0 amide bonds. The van der Waals surface area contributed by atoms with Gasteiger partial charge in [0, 0.05) is 11.1 Å². The molecule has 0 N–H and O–H groups in total. The third-order valence-corrected chi connectivity index (χ3v) is 2.37. The number of aromatic nitrogens is 2. The lowest BCUT2D eigenvalue weighted by Crippen LogP contribution is -2.08. The van der Waals surface area contributed by atoms with Crippen LogP contribution in [0.1, 0.15) is 5.69 Å². The molecule has 1 heterocycles. The summed E-state index contributed by atoms with van der Waals surface area (Å²) in [6.07, 6.45) is 1.90. The fourth-order valence-corrected chi connectivity index (χ4v) is 1.55. The molecule has 0 unspecified atom stereocenters. The number of benzene rings is 1. The van der Waals surface area contributed by atoms with E-state index in [0.29, 0.717) is 24.6 Å². The van der Waals surface area contributed by atoms with E-state index in [0.717, 1.165) is 5.69 Å². The molecule has 6 heteroatoms. The van der Waals surface area contributed by atoms with Gasteiger partial charge in [-0.05, 0) is 30.7 Å². The Hall–Kier alpha value is -2.46. The molecule has 2 rings (SSSR count). The molecule has 0 aliphatic carbocycles. The van der Waals surface area contributed by atoms with Crippen LogP contribution in [0.25, 0.3) is 10.4 Å². The van der Waals surface area contributed by atoms with Crippen molar-refractivity contribution in [2.24, 2.45) is 5.11 Å². The number of para-hydroxylation sites is 1. The highest BCUT2D eigenvalue weighted by atomic mass is 16.5. The molecule has 0 radical (unpaired) electrons. The third-order valence-electron chi connectivity index (χ3n) is 2.37. The summed E-state index contributed by atoms with van der Waals surface area (Å²) in [5.74, 6) is 0.583. The van der Waals surface area contributed by atoms with Gasteiger partial charge >= 0.3 is 0 Å². The molecule has 1 aromatic heterocycles. The fraction of sp³-hybridized carbons (Fsp3) is 0.250. The SMILES string of the molecule is Cc1ccn(CCOc2ccccc2N=[N+]=[N-])n1. The summed E-state index contributed by atoms with van der Waals surface area (Å²) in [6.45, 7) is 3.06. The number of aryl methyl sites for hydroxylation is 1. The first-order chi connectivity index (χ1) is 8.79. The first-order valence-corrected chi connectivity index (χ1v) is 5.56. The number of hydrogen-bond donors (Lipinski definition) is 0. The van der Waals surface area contributed by atoms with Crippen LogP contribution in [0.5, 0.6) is 5.75 Å². The van der Waals surface area contributed by atoms with E-state index in [9.17, 15) is 0 Å².